The minimum absolute atomic E-state index is 0.104. The van der Waals surface area contributed by atoms with Gasteiger partial charge in [0.2, 0.25) is 0 Å². The van der Waals surface area contributed by atoms with Crippen molar-refractivity contribution in [2.75, 3.05) is 20.1 Å². The van der Waals surface area contributed by atoms with Gasteiger partial charge in [-0.3, -0.25) is 9.79 Å². The van der Waals surface area contributed by atoms with Crippen molar-refractivity contribution in [3.8, 4) is 11.1 Å². The quantitative estimate of drug-likeness (QED) is 0.664. The molecule has 28 heavy (non-hydrogen) atoms. The zero-order valence-electron chi connectivity index (χ0n) is 15.5. The van der Waals surface area contributed by atoms with Crippen LogP contribution >= 0.6 is 22.9 Å². The summed E-state index contributed by atoms with van der Waals surface area (Å²) in [5.41, 5.74) is 4.46. The van der Waals surface area contributed by atoms with Gasteiger partial charge in [-0.05, 0) is 34.9 Å². The molecule has 4 nitrogen and oxygen atoms in total. The Labute approximate surface area is 173 Å². The second-order valence-electron chi connectivity index (χ2n) is 6.69. The Bertz CT molecular complexity index is 1030. The van der Waals surface area contributed by atoms with Gasteiger partial charge in [-0.15, -0.1) is 11.3 Å². The number of nitrogens with one attached hydrogen (secondary N) is 1. The Morgan fingerprint density at radius 3 is 2.57 bits per heavy atom. The number of carbonyl (C=O) groups is 1. The molecule has 0 aliphatic carbocycles. The molecule has 3 aromatic rings. The Morgan fingerprint density at radius 2 is 1.89 bits per heavy atom. The lowest BCUT2D eigenvalue weighted by molar-refractivity contribution is 0.0955. The summed E-state index contributed by atoms with van der Waals surface area (Å²) in [7, 11) is 2.07. The molecule has 1 aromatic heterocycles. The van der Waals surface area contributed by atoms with Crippen LogP contribution < -0.4 is 5.32 Å². The van der Waals surface area contributed by atoms with Crippen LogP contribution in [0.2, 0.25) is 4.34 Å². The van der Waals surface area contributed by atoms with Crippen molar-refractivity contribution >= 4 is 34.7 Å². The number of benzene rings is 2. The average Bonchev–Trinajstić information content (AvgIpc) is 3.35. The predicted octanol–water partition coefficient (Wildman–Crippen LogP) is 4.69. The molecule has 0 atom stereocenters. The van der Waals surface area contributed by atoms with Crippen LogP contribution in [0, 0.1) is 0 Å². The number of likely N-dealkylation sites (N-methyl/N-ethyl adjacent to an activating group) is 1. The van der Waals surface area contributed by atoms with Crippen molar-refractivity contribution in [1.82, 2.24) is 10.2 Å². The van der Waals surface area contributed by atoms with E-state index in [-0.39, 0.29) is 5.91 Å². The highest BCUT2D eigenvalue weighted by Gasteiger charge is 2.14. The number of carbonyl (C=O) groups excluding carboxylic acids is 1. The van der Waals surface area contributed by atoms with Crippen molar-refractivity contribution in [1.29, 1.82) is 0 Å². The largest absolute Gasteiger partial charge is 0.358 e. The van der Waals surface area contributed by atoms with Gasteiger partial charge in [0.05, 0.1) is 15.8 Å². The molecule has 142 valence electrons. The van der Waals surface area contributed by atoms with Crippen LogP contribution in [-0.4, -0.2) is 36.8 Å². The number of amidine groups is 1. The van der Waals surface area contributed by atoms with E-state index in [2.05, 4.69) is 58.7 Å². The standard InChI is InChI=1S/C22H20ClN3OS/c1-26-12-11-24-21(26)17-7-5-16(6-8-17)18-4-2-3-15(13-18)14-25-22(27)19-9-10-20(23)28-19/h2-10,13H,11-12,14H2,1H3,(H,25,27). The van der Waals surface area contributed by atoms with Crippen molar-refractivity contribution in [2.24, 2.45) is 4.99 Å². The van der Waals surface area contributed by atoms with Crippen LogP contribution in [0.15, 0.2) is 65.7 Å². The van der Waals surface area contributed by atoms with E-state index in [9.17, 15) is 4.79 Å². The van der Waals surface area contributed by atoms with Crippen molar-refractivity contribution in [2.45, 2.75) is 6.54 Å². The molecule has 0 radical (unpaired) electrons. The van der Waals surface area contributed by atoms with Gasteiger partial charge in [0.1, 0.15) is 5.84 Å². The number of nitrogens with zero attached hydrogens (tertiary/aromatic N) is 2. The van der Waals surface area contributed by atoms with E-state index in [4.69, 9.17) is 11.6 Å². The van der Waals surface area contributed by atoms with E-state index in [1.165, 1.54) is 11.3 Å². The van der Waals surface area contributed by atoms with Gasteiger partial charge in [0.25, 0.3) is 5.91 Å². The van der Waals surface area contributed by atoms with Crippen LogP contribution in [0.3, 0.4) is 0 Å². The molecule has 2 heterocycles. The normalized spacial score (nSPS) is 13.5. The number of halogens is 1. The average molecular weight is 410 g/mol. The zero-order valence-corrected chi connectivity index (χ0v) is 17.1. The summed E-state index contributed by atoms with van der Waals surface area (Å²) >= 11 is 7.18. The minimum Gasteiger partial charge on any atom is -0.358 e. The van der Waals surface area contributed by atoms with Gasteiger partial charge in [-0.2, -0.15) is 0 Å². The summed E-state index contributed by atoms with van der Waals surface area (Å²) in [4.78, 5) is 19.6. The van der Waals surface area contributed by atoms with E-state index in [0.29, 0.717) is 15.8 Å². The van der Waals surface area contributed by atoms with Crippen molar-refractivity contribution < 1.29 is 4.79 Å². The van der Waals surface area contributed by atoms with Gasteiger partial charge in [0.15, 0.2) is 0 Å². The third-order valence-corrected chi connectivity index (χ3v) is 5.94. The summed E-state index contributed by atoms with van der Waals surface area (Å²) in [6.45, 7) is 2.31. The number of hydrogen-bond acceptors (Lipinski definition) is 4. The monoisotopic (exact) mass is 409 g/mol. The topological polar surface area (TPSA) is 44.7 Å². The third-order valence-electron chi connectivity index (χ3n) is 4.71. The van der Waals surface area contributed by atoms with Crippen LogP contribution in [0.25, 0.3) is 11.1 Å². The molecule has 1 aliphatic rings. The molecule has 1 N–H and O–H groups in total. The summed E-state index contributed by atoms with van der Waals surface area (Å²) in [5, 5.41) is 2.95. The SMILES string of the molecule is CN1CCN=C1c1ccc(-c2cccc(CNC(=O)c3ccc(Cl)s3)c2)cc1. The fraction of sp³-hybridized carbons (Fsp3) is 0.182. The van der Waals surface area contributed by atoms with Crippen molar-refractivity contribution in [3.63, 3.8) is 0 Å². The number of aliphatic imine (C=N–C) groups is 1. The van der Waals surface area contributed by atoms with E-state index < -0.39 is 0 Å². The third kappa shape index (κ3) is 4.11. The lowest BCUT2D eigenvalue weighted by atomic mass is 10.0. The van der Waals surface area contributed by atoms with E-state index >= 15 is 0 Å². The molecular formula is C22H20ClN3OS. The van der Waals surface area contributed by atoms with Gasteiger partial charge in [0, 0.05) is 25.7 Å². The second-order valence-corrected chi connectivity index (χ2v) is 8.41. The van der Waals surface area contributed by atoms with Crippen LogP contribution in [0.4, 0.5) is 0 Å². The van der Waals surface area contributed by atoms with Crippen LogP contribution in [0.1, 0.15) is 20.8 Å². The molecule has 0 fully saturated rings. The maximum Gasteiger partial charge on any atom is 0.261 e. The lowest BCUT2D eigenvalue weighted by Crippen LogP contribution is -2.23. The molecule has 0 unspecified atom stereocenters. The van der Waals surface area contributed by atoms with Gasteiger partial charge >= 0.3 is 0 Å². The first-order chi connectivity index (χ1) is 13.6. The Kier molecular flexibility index (Phi) is 5.46. The van der Waals surface area contributed by atoms with E-state index in [0.717, 1.165) is 41.2 Å². The highest BCUT2D eigenvalue weighted by molar-refractivity contribution is 7.17. The number of hydrogen-bond donors (Lipinski definition) is 1. The van der Waals surface area contributed by atoms with Crippen LogP contribution in [-0.2, 0) is 6.54 Å². The maximum atomic E-state index is 12.2. The maximum absolute atomic E-state index is 12.2. The molecule has 1 aliphatic heterocycles. The summed E-state index contributed by atoms with van der Waals surface area (Å²) in [6, 6.07) is 20.2. The molecule has 0 bridgehead atoms. The van der Waals surface area contributed by atoms with E-state index in [1.807, 2.05) is 12.1 Å². The number of rotatable bonds is 5. The first-order valence-electron chi connectivity index (χ1n) is 9.09. The van der Waals surface area contributed by atoms with Crippen molar-refractivity contribution in [3.05, 3.63) is 81.0 Å². The summed E-state index contributed by atoms with van der Waals surface area (Å²) in [6.07, 6.45) is 0. The highest BCUT2D eigenvalue weighted by atomic mass is 35.5. The molecule has 0 saturated carbocycles. The molecule has 2 aromatic carbocycles. The smallest absolute Gasteiger partial charge is 0.261 e. The fourth-order valence-corrected chi connectivity index (χ4v) is 4.18. The van der Waals surface area contributed by atoms with E-state index in [1.54, 1.807) is 12.1 Å². The lowest BCUT2D eigenvalue weighted by Gasteiger charge is -2.14. The molecule has 1 amide bonds. The second kappa shape index (κ2) is 8.17. The van der Waals surface area contributed by atoms with Gasteiger partial charge < -0.3 is 10.2 Å². The first-order valence-corrected chi connectivity index (χ1v) is 10.3. The summed E-state index contributed by atoms with van der Waals surface area (Å²) in [5.74, 6) is 0.949. The molecule has 4 rings (SSSR count). The van der Waals surface area contributed by atoms with Gasteiger partial charge in [-0.25, -0.2) is 0 Å². The van der Waals surface area contributed by atoms with Gasteiger partial charge in [-0.1, -0.05) is 54.1 Å². The molecule has 6 heteroatoms. The van der Waals surface area contributed by atoms with Crippen LogP contribution in [0.5, 0.6) is 0 Å². The molecule has 0 spiro atoms. The number of thiophene rings is 1. The Balaban J connectivity index is 1.45. The first kappa shape index (κ1) is 18.7. The zero-order chi connectivity index (χ0) is 19.5. The molecule has 0 saturated heterocycles. The minimum atomic E-state index is -0.104. The Morgan fingerprint density at radius 1 is 1.11 bits per heavy atom. The predicted molar refractivity (Wildman–Crippen MR) is 116 cm³/mol. The Hall–Kier alpha value is -2.63. The highest BCUT2D eigenvalue weighted by Crippen LogP contribution is 2.23. The molecular weight excluding hydrogens is 390 g/mol. The number of amides is 1. The summed E-state index contributed by atoms with van der Waals surface area (Å²) < 4.78 is 0.616. The fourth-order valence-electron chi connectivity index (χ4n) is 3.22.